The van der Waals surface area contributed by atoms with Crippen molar-refractivity contribution in [2.75, 3.05) is 4.90 Å². The molecule has 0 spiro atoms. The average molecular weight is 690 g/mol. The van der Waals surface area contributed by atoms with Gasteiger partial charge in [-0.3, -0.25) is 0 Å². The summed E-state index contributed by atoms with van der Waals surface area (Å²) < 4.78 is 0. The third-order valence-corrected chi connectivity index (χ3v) is 11.5. The van der Waals surface area contributed by atoms with Gasteiger partial charge in [0.15, 0.2) is 0 Å². The van der Waals surface area contributed by atoms with Gasteiger partial charge in [-0.25, -0.2) is 0 Å². The first kappa shape index (κ1) is 32.0. The Labute approximate surface area is 317 Å². The predicted octanol–water partition coefficient (Wildman–Crippen LogP) is 14.8. The second-order valence-corrected chi connectivity index (χ2v) is 15.0. The number of fused-ring (bicyclic) bond motifs is 5. The summed E-state index contributed by atoms with van der Waals surface area (Å²) in [6.07, 6.45) is 0. The van der Waals surface area contributed by atoms with E-state index >= 15 is 0 Å². The fourth-order valence-electron chi connectivity index (χ4n) is 8.64. The van der Waals surface area contributed by atoms with Crippen LogP contribution in [0.25, 0.3) is 66.1 Å². The molecule has 256 valence electrons. The summed E-state index contributed by atoms with van der Waals surface area (Å²) in [6.45, 7) is 4.77. The van der Waals surface area contributed by atoms with Crippen LogP contribution in [-0.2, 0) is 5.41 Å². The van der Waals surface area contributed by atoms with Crippen LogP contribution in [0.1, 0.15) is 25.0 Å². The van der Waals surface area contributed by atoms with E-state index in [1.54, 1.807) is 0 Å². The first-order valence-corrected chi connectivity index (χ1v) is 18.8. The van der Waals surface area contributed by atoms with E-state index < -0.39 is 0 Å². The van der Waals surface area contributed by atoms with Gasteiger partial charge >= 0.3 is 0 Å². The minimum atomic E-state index is -0.189. The molecule has 1 heteroatoms. The Kier molecular flexibility index (Phi) is 7.56. The normalized spacial score (nSPS) is 12.8. The lowest BCUT2D eigenvalue weighted by Crippen LogP contribution is -2.17. The van der Waals surface area contributed by atoms with Crippen LogP contribution in [0.2, 0.25) is 0 Å². The highest BCUT2D eigenvalue weighted by molar-refractivity contribution is 5.98. The molecule has 0 atom stereocenters. The molecule has 54 heavy (non-hydrogen) atoms. The van der Waals surface area contributed by atoms with E-state index in [-0.39, 0.29) is 5.41 Å². The molecule has 9 aromatic rings. The molecular formula is C53H39N. The van der Waals surface area contributed by atoms with E-state index in [2.05, 4.69) is 219 Å². The number of rotatable bonds is 6. The standard InChI is InChI=1S/C53H39N/c1-53(2)50-34-42(46-21-12-18-38-16-8-9-19-45(38)46)27-31-48(50)49-32-30-44(35-51(49)53)54(52-22-11-10-20-47(52)39-14-4-3-5-15-39)43-28-25-37(26-29-43)41-24-23-36-13-6-7-17-40(36)33-41/h3-35H,1-2H3. The van der Waals surface area contributed by atoms with Crippen LogP contribution in [0, 0.1) is 0 Å². The Morgan fingerprint density at radius 2 is 0.926 bits per heavy atom. The zero-order chi connectivity index (χ0) is 36.2. The van der Waals surface area contributed by atoms with E-state index in [1.165, 1.54) is 77.2 Å². The zero-order valence-electron chi connectivity index (χ0n) is 30.5. The molecule has 0 aromatic heterocycles. The zero-order valence-corrected chi connectivity index (χ0v) is 30.5. The van der Waals surface area contributed by atoms with Crippen molar-refractivity contribution in [3.63, 3.8) is 0 Å². The number of anilines is 3. The third-order valence-electron chi connectivity index (χ3n) is 11.5. The highest BCUT2D eigenvalue weighted by Gasteiger charge is 2.36. The van der Waals surface area contributed by atoms with Gasteiger partial charge in [-0.2, -0.15) is 0 Å². The molecule has 0 amide bonds. The molecule has 0 bridgehead atoms. The lowest BCUT2D eigenvalue weighted by molar-refractivity contribution is 0.660. The van der Waals surface area contributed by atoms with Gasteiger partial charge in [0, 0.05) is 22.4 Å². The number of nitrogens with zero attached hydrogens (tertiary/aromatic N) is 1. The highest BCUT2D eigenvalue weighted by Crippen LogP contribution is 2.52. The molecule has 0 unspecified atom stereocenters. The lowest BCUT2D eigenvalue weighted by atomic mass is 9.81. The van der Waals surface area contributed by atoms with Crippen molar-refractivity contribution in [1.29, 1.82) is 0 Å². The minimum Gasteiger partial charge on any atom is -0.310 e. The van der Waals surface area contributed by atoms with Crippen LogP contribution in [-0.4, -0.2) is 0 Å². The van der Waals surface area contributed by atoms with Gasteiger partial charge in [0.25, 0.3) is 0 Å². The summed E-state index contributed by atoms with van der Waals surface area (Å²) in [7, 11) is 0. The molecule has 1 nitrogen and oxygen atoms in total. The molecule has 1 aliphatic rings. The summed E-state index contributed by atoms with van der Waals surface area (Å²) in [5.41, 5.74) is 15.9. The molecule has 0 saturated heterocycles. The number of hydrogen-bond acceptors (Lipinski definition) is 1. The Hall–Kier alpha value is -6.70. The van der Waals surface area contributed by atoms with Crippen LogP contribution in [0.3, 0.4) is 0 Å². The average Bonchev–Trinajstić information content (AvgIpc) is 3.46. The predicted molar refractivity (Wildman–Crippen MR) is 230 cm³/mol. The fraction of sp³-hybridized carbons (Fsp3) is 0.0566. The smallest absolute Gasteiger partial charge is 0.0540 e. The van der Waals surface area contributed by atoms with Crippen molar-refractivity contribution in [3.8, 4) is 44.5 Å². The number of para-hydroxylation sites is 1. The molecule has 1 aliphatic carbocycles. The second kappa shape index (κ2) is 12.8. The van der Waals surface area contributed by atoms with Gasteiger partial charge in [-0.1, -0.05) is 172 Å². The number of benzene rings is 9. The maximum atomic E-state index is 2.44. The molecule has 0 aliphatic heterocycles. The summed E-state index contributed by atoms with van der Waals surface area (Å²) in [6, 6.07) is 73.4. The van der Waals surface area contributed by atoms with Crippen molar-refractivity contribution < 1.29 is 0 Å². The second-order valence-electron chi connectivity index (χ2n) is 15.0. The van der Waals surface area contributed by atoms with E-state index in [0.29, 0.717) is 0 Å². The molecule has 0 N–H and O–H groups in total. The fourth-order valence-corrected chi connectivity index (χ4v) is 8.64. The highest BCUT2D eigenvalue weighted by atomic mass is 15.1. The molecule has 0 saturated carbocycles. The van der Waals surface area contributed by atoms with Crippen LogP contribution >= 0.6 is 0 Å². The van der Waals surface area contributed by atoms with E-state index in [9.17, 15) is 0 Å². The molecule has 0 heterocycles. The lowest BCUT2D eigenvalue weighted by Gasteiger charge is -2.30. The summed E-state index contributed by atoms with van der Waals surface area (Å²) in [5.74, 6) is 0. The van der Waals surface area contributed by atoms with Crippen molar-refractivity contribution in [2.24, 2.45) is 0 Å². The van der Waals surface area contributed by atoms with Crippen molar-refractivity contribution in [3.05, 3.63) is 211 Å². The topological polar surface area (TPSA) is 3.24 Å². The van der Waals surface area contributed by atoms with Crippen molar-refractivity contribution in [2.45, 2.75) is 19.3 Å². The van der Waals surface area contributed by atoms with E-state index in [4.69, 9.17) is 0 Å². The molecular weight excluding hydrogens is 651 g/mol. The monoisotopic (exact) mass is 689 g/mol. The maximum absolute atomic E-state index is 2.44. The molecule has 0 fully saturated rings. The van der Waals surface area contributed by atoms with Crippen LogP contribution in [0.5, 0.6) is 0 Å². The Balaban J connectivity index is 1.09. The van der Waals surface area contributed by atoms with Gasteiger partial charge < -0.3 is 4.90 Å². The SMILES string of the molecule is CC1(C)c2cc(-c3cccc4ccccc34)ccc2-c2ccc(N(c3ccc(-c4ccc5ccccc5c4)cc3)c3ccccc3-c3ccccc3)cc21. The minimum absolute atomic E-state index is 0.189. The van der Waals surface area contributed by atoms with Crippen LogP contribution < -0.4 is 4.90 Å². The maximum Gasteiger partial charge on any atom is 0.0540 e. The number of hydrogen-bond donors (Lipinski definition) is 0. The van der Waals surface area contributed by atoms with Crippen LogP contribution in [0.4, 0.5) is 17.1 Å². The van der Waals surface area contributed by atoms with Gasteiger partial charge in [0.05, 0.1) is 5.69 Å². The van der Waals surface area contributed by atoms with Crippen LogP contribution in [0.15, 0.2) is 200 Å². The van der Waals surface area contributed by atoms with E-state index in [1.807, 2.05) is 0 Å². The van der Waals surface area contributed by atoms with Crippen molar-refractivity contribution >= 4 is 38.6 Å². The first-order valence-electron chi connectivity index (χ1n) is 18.8. The quantitative estimate of drug-likeness (QED) is 0.168. The van der Waals surface area contributed by atoms with E-state index in [0.717, 1.165) is 17.1 Å². The summed E-state index contributed by atoms with van der Waals surface area (Å²) in [5, 5.41) is 5.07. The Morgan fingerprint density at radius 1 is 0.333 bits per heavy atom. The van der Waals surface area contributed by atoms with Gasteiger partial charge in [0.1, 0.15) is 0 Å². The Bertz CT molecular complexity index is 2840. The van der Waals surface area contributed by atoms with Gasteiger partial charge in [-0.15, -0.1) is 0 Å². The largest absolute Gasteiger partial charge is 0.310 e. The molecule has 10 rings (SSSR count). The Morgan fingerprint density at radius 3 is 1.76 bits per heavy atom. The molecule has 9 aromatic carbocycles. The summed E-state index contributed by atoms with van der Waals surface area (Å²) >= 11 is 0. The van der Waals surface area contributed by atoms with Gasteiger partial charge in [-0.05, 0) is 114 Å². The van der Waals surface area contributed by atoms with Crippen molar-refractivity contribution in [1.82, 2.24) is 0 Å². The third kappa shape index (κ3) is 5.32. The first-order chi connectivity index (χ1) is 26.5. The van der Waals surface area contributed by atoms with Gasteiger partial charge in [0.2, 0.25) is 0 Å². The molecule has 0 radical (unpaired) electrons. The summed E-state index contributed by atoms with van der Waals surface area (Å²) in [4.78, 5) is 2.44.